The summed E-state index contributed by atoms with van der Waals surface area (Å²) in [7, 11) is 0. The van der Waals surface area contributed by atoms with Crippen LogP contribution in [0.5, 0.6) is 0 Å². The van der Waals surface area contributed by atoms with E-state index >= 15 is 8.78 Å². The fourth-order valence-corrected chi connectivity index (χ4v) is 4.10. The maximum absolute atomic E-state index is 15.0. The maximum Gasteiger partial charge on any atom is 0.422 e. The van der Waals surface area contributed by atoms with Crippen molar-refractivity contribution in [3.63, 3.8) is 0 Å². The van der Waals surface area contributed by atoms with E-state index in [4.69, 9.17) is 0 Å². The molecule has 0 amide bonds. The highest BCUT2D eigenvalue weighted by molar-refractivity contribution is 5.76. The molecule has 0 aliphatic rings. The van der Waals surface area contributed by atoms with Crippen LogP contribution in [0, 0.1) is 34.9 Å². The summed E-state index contributed by atoms with van der Waals surface area (Å²) in [6.07, 6.45) is -4.19. The van der Waals surface area contributed by atoms with Gasteiger partial charge >= 0.3 is 12.2 Å². The van der Waals surface area contributed by atoms with E-state index in [9.17, 15) is 39.5 Å². The van der Waals surface area contributed by atoms with Gasteiger partial charge in [0.2, 0.25) is 5.83 Å². The minimum Gasteiger partial charge on any atom is -0.464 e. The molecule has 0 heterocycles. The number of benzene rings is 4. The molecule has 0 aliphatic carbocycles. The van der Waals surface area contributed by atoms with Crippen LogP contribution in [0.2, 0.25) is 0 Å². The van der Waals surface area contributed by atoms with Crippen LogP contribution >= 0.6 is 0 Å². The van der Waals surface area contributed by atoms with Gasteiger partial charge in [-0.2, -0.15) is 22.0 Å². The third-order valence-electron chi connectivity index (χ3n) is 5.97. The zero-order chi connectivity index (χ0) is 30.9. The smallest absolute Gasteiger partial charge is 0.422 e. The normalized spacial score (nSPS) is 12.3. The Bertz CT molecular complexity index is 1680. The molecule has 4 aromatic carbocycles. The number of alkyl halides is 3. The molecule has 0 radical (unpaired) electrons. The first-order valence-electron chi connectivity index (χ1n) is 11.7. The van der Waals surface area contributed by atoms with Gasteiger partial charge < -0.3 is 4.74 Å². The Morgan fingerprint density at radius 3 is 1.60 bits per heavy atom. The highest BCUT2D eigenvalue weighted by Crippen LogP contribution is 2.38. The van der Waals surface area contributed by atoms with Crippen LogP contribution in [0.3, 0.4) is 0 Å². The van der Waals surface area contributed by atoms with E-state index in [2.05, 4.69) is 11.3 Å². The Balaban J connectivity index is 1.68. The van der Waals surface area contributed by atoms with Crippen LogP contribution in [0.15, 0.2) is 79.3 Å². The lowest BCUT2D eigenvalue weighted by Gasteiger charge is -2.13. The van der Waals surface area contributed by atoms with E-state index in [1.807, 2.05) is 0 Å². The molecule has 0 fully saturated rings. The first-order valence-corrected chi connectivity index (χ1v) is 11.7. The minimum atomic E-state index is -5.34. The summed E-state index contributed by atoms with van der Waals surface area (Å²) >= 11 is 0. The van der Waals surface area contributed by atoms with Gasteiger partial charge in [-0.3, -0.25) is 0 Å². The number of rotatable bonds is 7. The molecule has 4 rings (SSSR count). The Labute approximate surface area is 230 Å². The van der Waals surface area contributed by atoms with Crippen LogP contribution in [0.4, 0.5) is 48.3 Å². The quantitative estimate of drug-likeness (QED) is 0.117. The van der Waals surface area contributed by atoms with Crippen molar-refractivity contribution in [2.24, 2.45) is 0 Å². The van der Waals surface area contributed by atoms with Gasteiger partial charge in [-0.1, -0.05) is 36.9 Å². The maximum atomic E-state index is 15.0. The molecule has 0 unspecified atom stereocenters. The Kier molecular flexibility index (Phi) is 8.46. The van der Waals surface area contributed by atoms with Crippen LogP contribution in [-0.2, 0) is 10.9 Å². The van der Waals surface area contributed by atoms with E-state index in [1.165, 1.54) is 0 Å². The fraction of sp³-hybridized carbons (Fsp3) is 0.0667. The number of hydrogen-bond acceptors (Lipinski definition) is 1. The lowest BCUT2D eigenvalue weighted by atomic mass is 9.95. The SMILES string of the molecule is C=CCOC(F)=C(F)c1ccc(-c2cc(F)c(-c3ccc(-c4cc(F)c(C(F)(F)F)c(F)c4)c(F)c3)c(F)c2)c(F)c1. The summed E-state index contributed by atoms with van der Waals surface area (Å²) in [4.78, 5) is 0. The van der Waals surface area contributed by atoms with Gasteiger partial charge in [0.25, 0.3) is 0 Å². The molecule has 0 N–H and O–H groups in total. The molecule has 218 valence electrons. The van der Waals surface area contributed by atoms with E-state index in [0.717, 1.165) is 30.3 Å². The van der Waals surface area contributed by atoms with Crippen LogP contribution in [-0.4, -0.2) is 6.61 Å². The van der Waals surface area contributed by atoms with E-state index < -0.39 is 91.9 Å². The molecule has 42 heavy (non-hydrogen) atoms. The molecule has 4 aromatic rings. The van der Waals surface area contributed by atoms with Gasteiger partial charge in [-0.05, 0) is 53.1 Å². The van der Waals surface area contributed by atoms with E-state index in [1.54, 1.807) is 0 Å². The molecule has 0 atom stereocenters. The fourth-order valence-electron chi connectivity index (χ4n) is 4.10. The standard InChI is InChI=1S/C30H15F11O/c1-2-7-42-29(38)28(37)15-4-6-19(21(32)9-15)16-10-22(33)26(23(34)11-16)14-3-5-18(20(31)8-14)17-12-24(35)27(25(36)13-17)30(39,40)41/h2-6,8-13H,1,7H2. The molecule has 0 saturated heterocycles. The first-order chi connectivity index (χ1) is 19.7. The zero-order valence-electron chi connectivity index (χ0n) is 20.8. The molecule has 0 saturated carbocycles. The third-order valence-corrected chi connectivity index (χ3v) is 5.97. The second kappa shape index (κ2) is 11.7. The van der Waals surface area contributed by atoms with Crippen molar-refractivity contribution < 1.29 is 53.0 Å². The number of ether oxygens (including phenoxy) is 1. The Morgan fingerprint density at radius 1 is 0.643 bits per heavy atom. The van der Waals surface area contributed by atoms with Crippen molar-refractivity contribution in [2.45, 2.75) is 6.18 Å². The second-order valence-electron chi connectivity index (χ2n) is 8.70. The van der Waals surface area contributed by atoms with Gasteiger partial charge in [0, 0.05) is 16.7 Å². The molecular weight excluding hydrogens is 585 g/mol. The Morgan fingerprint density at radius 2 is 1.12 bits per heavy atom. The third kappa shape index (κ3) is 6.02. The average Bonchev–Trinajstić information content (AvgIpc) is 2.89. The lowest BCUT2D eigenvalue weighted by Crippen LogP contribution is -2.11. The topological polar surface area (TPSA) is 9.23 Å². The summed E-state index contributed by atoms with van der Waals surface area (Å²) in [5, 5.41) is 0. The summed E-state index contributed by atoms with van der Waals surface area (Å²) in [6.45, 7) is 2.91. The van der Waals surface area contributed by atoms with E-state index in [-0.39, 0.29) is 24.3 Å². The molecule has 12 heteroatoms. The number of halogens is 11. The summed E-state index contributed by atoms with van der Waals surface area (Å²) < 4.78 is 158. The predicted molar refractivity (Wildman–Crippen MR) is 133 cm³/mol. The van der Waals surface area contributed by atoms with E-state index in [0.29, 0.717) is 24.3 Å². The predicted octanol–water partition coefficient (Wildman–Crippen LogP) is 10.3. The lowest BCUT2D eigenvalue weighted by molar-refractivity contribution is -0.142. The summed E-state index contributed by atoms with van der Waals surface area (Å²) in [5.41, 5.74) is -5.79. The van der Waals surface area contributed by atoms with Crippen LogP contribution in [0.25, 0.3) is 39.2 Å². The van der Waals surface area contributed by atoms with Crippen LogP contribution < -0.4 is 0 Å². The van der Waals surface area contributed by atoms with Gasteiger partial charge in [-0.25, -0.2) is 26.3 Å². The monoisotopic (exact) mass is 600 g/mol. The molecule has 0 spiro atoms. The average molecular weight is 600 g/mol. The van der Waals surface area contributed by atoms with Crippen molar-refractivity contribution >= 4 is 5.83 Å². The number of hydrogen-bond donors (Lipinski definition) is 0. The second-order valence-corrected chi connectivity index (χ2v) is 8.70. The van der Waals surface area contributed by atoms with Gasteiger partial charge in [0.05, 0.1) is 5.56 Å². The van der Waals surface area contributed by atoms with Crippen molar-refractivity contribution in [1.82, 2.24) is 0 Å². The molecule has 0 bridgehead atoms. The van der Waals surface area contributed by atoms with Gasteiger partial charge in [0.15, 0.2) is 0 Å². The summed E-state index contributed by atoms with van der Waals surface area (Å²) in [6, 6.07) is 5.17. The van der Waals surface area contributed by atoms with Crippen molar-refractivity contribution in [1.29, 1.82) is 0 Å². The molecule has 0 aromatic heterocycles. The minimum absolute atomic E-state index is 0.268. The largest absolute Gasteiger partial charge is 0.464 e. The zero-order valence-corrected chi connectivity index (χ0v) is 20.8. The first kappa shape index (κ1) is 30.4. The van der Waals surface area contributed by atoms with Crippen molar-refractivity contribution in [2.75, 3.05) is 6.61 Å². The van der Waals surface area contributed by atoms with Gasteiger partial charge in [-0.15, -0.1) is 0 Å². The molecule has 1 nitrogen and oxygen atoms in total. The molecule has 0 aliphatic heterocycles. The highest BCUT2D eigenvalue weighted by atomic mass is 19.4. The van der Waals surface area contributed by atoms with Gasteiger partial charge in [0.1, 0.15) is 47.1 Å². The van der Waals surface area contributed by atoms with Crippen LogP contribution in [0.1, 0.15) is 11.1 Å². The van der Waals surface area contributed by atoms with Crippen molar-refractivity contribution in [3.8, 4) is 33.4 Å². The van der Waals surface area contributed by atoms with Crippen molar-refractivity contribution in [3.05, 3.63) is 125 Å². The highest BCUT2D eigenvalue weighted by Gasteiger charge is 2.38. The Hall–Kier alpha value is -4.61. The summed E-state index contributed by atoms with van der Waals surface area (Å²) in [5.74, 6) is -10.5. The molecular formula is C30H15F11O.